The highest BCUT2D eigenvalue weighted by atomic mass is 35.5. The number of hydrogen-bond acceptors (Lipinski definition) is 4. The van der Waals surface area contributed by atoms with Crippen LogP contribution in [0.5, 0.6) is 0 Å². The van der Waals surface area contributed by atoms with Crippen molar-refractivity contribution in [1.29, 1.82) is 0 Å². The molecule has 124 valence electrons. The van der Waals surface area contributed by atoms with Gasteiger partial charge in [-0.2, -0.15) is 0 Å². The van der Waals surface area contributed by atoms with Gasteiger partial charge in [0, 0.05) is 35.4 Å². The number of likely N-dealkylation sites (tertiary alicyclic amines) is 1. The molecule has 24 heavy (non-hydrogen) atoms. The summed E-state index contributed by atoms with van der Waals surface area (Å²) >= 11 is 6.20. The summed E-state index contributed by atoms with van der Waals surface area (Å²) in [4.78, 5) is 9.68. The lowest BCUT2D eigenvalue weighted by molar-refractivity contribution is 0.301. The van der Waals surface area contributed by atoms with Gasteiger partial charge in [0.25, 0.3) is 0 Å². The Balaban J connectivity index is 1.81. The van der Waals surface area contributed by atoms with Gasteiger partial charge in [0.1, 0.15) is 5.84 Å². The SMILES string of the molecule is CN(C)[C@@H]1CCN(C2=Nc3cc(Cl)ccc3Nc3ccccc32)C1. The fraction of sp³-hybridized carbons (Fsp3) is 0.316. The zero-order valence-corrected chi connectivity index (χ0v) is 14.7. The van der Waals surface area contributed by atoms with E-state index in [1.54, 1.807) is 0 Å². The maximum absolute atomic E-state index is 6.20. The Bertz CT molecular complexity index is 800. The molecular weight excluding hydrogens is 320 g/mol. The van der Waals surface area contributed by atoms with E-state index < -0.39 is 0 Å². The third-order valence-corrected chi connectivity index (χ3v) is 5.05. The predicted molar refractivity (Wildman–Crippen MR) is 101 cm³/mol. The number of rotatable bonds is 1. The van der Waals surface area contributed by atoms with Crippen LogP contribution in [0.4, 0.5) is 17.1 Å². The minimum absolute atomic E-state index is 0.565. The van der Waals surface area contributed by atoms with Gasteiger partial charge in [-0.15, -0.1) is 0 Å². The van der Waals surface area contributed by atoms with Crippen molar-refractivity contribution in [2.45, 2.75) is 12.5 Å². The van der Waals surface area contributed by atoms with E-state index in [1.807, 2.05) is 18.2 Å². The van der Waals surface area contributed by atoms with Crippen LogP contribution >= 0.6 is 11.6 Å². The standard InChI is InChI=1S/C19H21ClN4/c1-23(2)14-9-10-24(12-14)19-15-5-3-4-6-16(15)21-17-8-7-13(20)11-18(17)22-19/h3-8,11,14,21H,9-10,12H2,1-2H3/t14-/m1/s1. The second-order valence-corrected chi connectivity index (χ2v) is 7.06. The second-order valence-electron chi connectivity index (χ2n) is 6.62. The van der Waals surface area contributed by atoms with Crippen LogP contribution in [0, 0.1) is 0 Å². The highest BCUT2D eigenvalue weighted by Gasteiger charge is 2.29. The molecule has 2 heterocycles. The number of halogens is 1. The number of benzene rings is 2. The number of likely N-dealkylation sites (N-methyl/N-ethyl adjacent to an activating group) is 1. The maximum atomic E-state index is 6.20. The molecule has 0 bridgehead atoms. The molecule has 2 aromatic rings. The number of nitrogens with one attached hydrogen (secondary N) is 1. The summed E-state index contributed by atoms with van der Waals surface area (Å²) in [5.74, 6) is 1.03. The van der Waals surface area contributed by atoms with Crippen molar-refractivity contribution in [2.75, 3.05) is 32.5 Å². The first-order valence-electron chi connectivity index (χ1n) is 8.28. The normalized spacial score (nSPS) is 19.4. The summed E-state index contributed by atoms with van der Waals surface area (Å²) in [6, 6.07) is 14.7. The van der Waals surface area contributed by atoms with E-state index in [-0.39, 0.29) is 0 Å². The first kappa shape index (κ1) is 15.5. The highest BCUT2D eigenvalue weighted by molar-refractivity contribution is 6.31. The molecule has 2 aliphatic heterocycles. The first-order valence-corrected chi connectivity index (χ1v) is 8.65. The third kappa shape index (κ3) is 2.76. The van der Waals surface area contributed by atoms with Crippen molar-refractivity contribution in [1.82, 2.24) is 9.80 Å². The molecule has 2 aliphatic rings. The zero-order chi connectivity index (χ0) is 16.7. The molecule has 1 N–H and O–H groups in total. The van der Waals surface area contributed by atoms with Gasteiger partial charge in [-0.1, -0.05) is 23.7 Å². The molecule has 1 saturated heterocycles. The van der Waals surface area contributed by atoms with E-state index in [2.05, 4.69) is 53.5 Å². The fourth-order valence-electron chi connectivity index (χ4n) is 3.41. The van der Waals surface area contributed by atoms with E-state index in [9.17, 15) is 0 Å². The Kier molecular flexibility index (Phi) is 3.94. The third-order valence-electron chi connectivity index (χ3n) is 4.82. The summed E-state index contributed by atoms with van der Waals surface area (Å²) in [7, 11) is 4.29. The number of aliphatic imine (C=N–C) groups is 1. The van der Waals surface area contributed by atoms with Crippen molar-refractivity contribution >= 4 is 34.5 Å². The summed E-state index contributed by atoms with van der Waals surface area (Å²) in [6.07, 6.45) is 1.16. The fourth-order valence-corrected chi connectivity index (χ4v) is 3.57. The molecule has 1 fully saturated rings. The summed E-state index contributed by atoms with van der Waals surface area (Å²) < 4.78 is 0. The maximum Gasteiger partial charge on any atom is 0.138 e. The van der Waals surface area contributed by atoms with E-state index in [1.165, 1.54) is 0 Å². The monoisotopic (exact) mass is 340 g/mol. The molecule has 5 heteroatoms. The Morgan fingerprint density at radius 3 is 2.79 bits per heavy atom. The molecule has 0 spiro atoms. The molecule has 1 atom stereocenters. The molecule has 4 rings (SSSR count). The molecule has 0 aromatic heterocycles. The van der Waals surface area contributed by atoms with Crippen LogP contribution in [0.15, 0.2) is 47.5 Å². The number of para-hydroxylation sites is 1. The Morgan fingerprint density at radius 1 is 1.17 bits per heavy atom. The van der Waals surface area contributed by atoms with Crippen molar-refractivity contribution in [3.8, 4) is 0 Å². The average molecular weight is 341 g/mol. The Hall–Kier alpha value is -2.04. The van der Waals surface area contributed by atoms with Gasteiger partial charge in [0.15, 0.2) is 0 Å². The molecule has 0 amide bonds. The van der Waals surface area contributed by atoms with E-state index in [0.29, 0.717) is 11.1 Å². The second kappa shape index (κ2) is 6.11. The molecular formula is C19H21ClN4. The van der Waals surface area contributed by atoms with Crippen LogP contribution in [0.2, 0.25) is 5.02 Å². The lowest BCUT2D eigenvalue weighted by atomic mass is 10.1. The summed E-state index contributed by atoms with van der Waals surface area (Å²) in [5.41, 5.74) is 4.11. The van der Waals surface area contributed by atoms with Gasteiger partial charge in [-0.05, 0) is 50.8 Å². The number of fused-ring (bicyclic) bond motifs is 2. The molecule has 4 nitrogen and oxygen atoms in total. The quantitative estimate of drug-likeness (QED) is 0.847. The van der Waals surface area contributed by atoms with Gasteiger partial charge in [-0.25, -0.2) is 4.99 Å². The van der Waals surface area contributed by atoms with E-state index in [4.69, 9.17) is 16.6 Å². The van der Waals surface area contributed by atoms with Crippen molar-refractivity contribution < 1.29 is 0 Å². The number of amidine groups is 1. The van der Waals surface area contributed by atoms with Crippen LogP contribution in [0.1, 0.15) is 12.0 Å². The molecule has 0 aliphatic carbocycles. The van der Waals surface area contributed by atoms with Crippen LogP contribution in [0.3, 0.4) is 0 Å². The van der Waals surface area contributed by atoms with Gasteiger partial charge in [0.05, 0.1) is 11.4 Å². The number of nitrogens with zero attached hydrogens (tertiary/aromatic N) is 3. The molecule has 0 unspecified atom stereocenters. The van der Waals surface area contributed by atoms with Gasteiger partial charge < -0.3 is 15.1 Å². The average Bonchev–Trinajstić information content (AvgIpc) is 3.00. The lowest BCUT2D eigenvalue weighted by Crippen LogP contribution is -2.35. The van der Waals surface area contributed by atoms with E-state index in [0.717, 1.165) is 48.0 Å². The molecule has 0 radical (unpaired) electrons. The van der Waals surface area contributed by atoms with Gasteiger partial charge >= 0.3 is 0 Å². The highest BCUT2D eigenvalue weighted by Crippen LogP contribution is 2.37. The molecule has 0 saturated carbocycles. The largest absolute Gasteiger partial charge is 0.354 e. The molecule has 2 aromatic carbocycles. The van der Waals surface area contributed by atoms with Crippen molar-refractivity contribution in [2.24, 2.45) is 4.99 Å². The van der Waals surface area contributed by atoms with Crippen molar-refractivity contribution in [3.05, 3.63) is 53.1 Å². The van der Waals surface area contributed by atoms with Crippen LogP contribution in [-0.4, -0.2) is 48.9 Å². The Labute approximate surface area is 147 Å². The first-order chi connectivity index (χ1) is 11.6. The van der Waals surface area contributed by atoms with Crippen LogP contribution < -0.4 is 5.32 Å². The topological polar surface area (TPSA) is 30.9 Å². The van der Waals surface area contributed by atoms with Gasteiger partial charge in [-0.3, -0.25) is 0 Å². The lowest BCUT2D eigenvalue weighted by Gasteiger charge is -2.23. The smallest absolute Gasteiger partial charge is 0.138 e. The number of hydrogen-bond donors (Lipinski definition) is 1. The number of anilines is 2. The summed E-state index contributed by atoms with van der Waals surface area (Å²) in [5, 5.41) is 4.21. The van der Waals surface area contributed by atoms with Gasteiger partial charge in [0.2, 0.25) is 0 Å². The van der Waals surface area contributed by atoms with Crippen molar-refractivity contribution in [3.63, 3.8) is 0 Å². The Morgan fingerprint density at radius 2 is 2.00 bits per heavy atom. The minimum atomic E-state index is 0.565. The van der Waals surface area contributed by atoms with Crippen LogP contribution in [0.25, 0.3) is 0 Å². The van der Waals surface area contributed by atoms with Crippen LogP contribution in [-0.2, 0) is 0 Å². The van der Waals surface area contributed by atoms with E-state index >= 15 is 0 Å². The predicted octanol–water partition coefficient (Wildman–Crippen LogP) is 4.11. The summed E-state index contributed by atoms with van der Waals surface area (Å²) in [6.45, 7) is 2.02. The minimum Gasteiger partial charge on any atom is -0.354 e. The zero-order valence-electron chi connectivity index (χ0n) is 14.0.